The third-order valence-electron chi connectivity index (χ3n) is 4.02. The molecule has 0 spiro atoms. The van der Waals surface area contributed by atoms with E-state index >= 15 is 0 Å². The molecule has 3 heterocycles. The number of benzene rings is 1. The van der Waals surface area contributed by atoms with Crippen LogP contribution < -0.4 is 5.32 Å². The van der Waals surface area contributed by atoms with Crippen molar-refractivity contribution in [3.63, 3.8) is 0 Å². The topological polar surface area (TPSA) is 96.7 Å². The van der Waals surface area contributed by atoms with Crippen LogP contribution in [0.4, 0.5) is 4.39 Å². The van der Waals surface area contributed by atoms with E-state index in [1.54, 1.807) is 19.1 Å². The Morgan fingerprint density at radius 3 is 2.75 bits per heavy atom. The van der Waals surface area contributed by atoms with E-state index in [2.05, 4.69) is 25.5 Å². The van der Waals surface area contributed by atoms with Gasteiger partial charge in [-0.2, -0.15) is 0 Å². The van der Waals surface area contributed by atoms with Crippen molar-refractivity contribution in [2.24, 2.45) is 0 Å². The number of amides is 1. The first kappa shape index (κ1) is 14.6. The van der Waals surface area contributed by atoms with Gasteiger partial charge in [0.2, 0.25) is 5.89 Å². The summed E-state index contributed by atoms with van der Waals surface area (Å²) in [6.45, 7) is 2.14. The number of hydrogen-bond acceptors (Lipinski definition) is 5. The third-order valence-corrected chi connectivity index (χ3v) is 4.02. The highest BCUT2D eigenvalue weighted by atomic mass is 19.1. The number of carbonyl (C=O) groups excluding carboxylic acids is 1. The summed E-state index contributed by atoms with van der Waals surface area (Å²) >= 11 is 0. The van der Waals surface area contributed by atoms with E-state index in [-0.39, 0.29) is 23.5 Å². The number of nitrogens with one attached hydrogen (secondary N) is 2. The lowest BCUT2D eigenvalue weighted by atomic mass is 9.94. The van der Waals surface area contributed by atoms with E-state index in [9.17, 15) is 9.18 Å². The highest BCUT2D eigenvalue weighted by Crippen LogP contribution is 2.26. The van der Waals surface area contributed by atoms with E-state index in [4.69, 9.17) is 4.42 Å². The molecular weight excluding hydrogens is 313 g/mol. The number of hydrogen-bond donors (Lipinski definition) is 2. The van der Waals surface area contributed by atoms with E-state index in [1.807, 2.05) is 0 Å². The summed E-state index contributed by atoms with van der Waals surface area (Å²) in [6, 6.07) is 6.30. The second-order valence-corrected chi connectivity index (χ2v) is 5.70. The molecule has 0 saturated heterocycles. The maximum Gasteiger partial charge on any atom is 0.283 e. The largest absolute Gasteiger partial charge is 0.419 e. The van der Waals surface area contributed by atoms with E-state index < -0.39 is 0 Å². The number of aryl methyl sites for hydroxylation is 1. The Morgan fingerprint density at radius 1 is 1.25 bits per heavy atom. The van der Waals surface area contributed by atoms with Gasteiger partial charge in [0, 0.05) is 25.1 Å². The van der Waals surface area contributed by atoms with Crippen LogP contribution in [0.2, 0.25) is 0 Å². The predicted octanol–water partition coefficient (Wildman–Crippen LogP) is 1.98. The lowest BCUT2D eigenvalue weighted by Crippen LogP contribution is -2.26. The number of halogens is 1. The minimum atomic E-state index is -0.285. The maximum absolute atomic E-state index is 13.1. The van der Waals surface area contributed by atoms with Crippen molar-refractivity contribution < 1.29 is 13.6 Å². The SMILES string of the molecule is Cc1nnc(-c2nc3c([nH]2)CC(c2ccc(F)cc2)CNC3=O)o1. The van der Waals surface area contributed by atoms with Crippen molar-refractivity contribution >= 4 is 5.91 Å². The smallest absolute Gasteiger partial charge is 0.283 e. The van der Waals surface area contributed by atoms with Gasteiger partial charge in [0.15, 0.2) is 5.82 Å². The predicted molar refractivity (Wildman–Crippen MR) is 81.8 cm³/mol. The molecule has 4 rings (SSSR count). The zero-order valence-corrected chi connectivity index (χ0v) is 12.8. The Hall–Kier alpha value is -3.03. The summed E-state index contributed by atoms with van der Waals surface area (Å²) in [5.74, 6) is 0.516. The molecule has 1 aliphatic heterocycles. The normalized spacial score (nSPS) is 17.2. The second-order valence-electron chi connectivity index (χ2n) is 5.70. The average molecular weight is 327 g/mol. The summed E-state index contributed by atoms with van der Waals surface area (Å²) in [5, 5.41) is 10.5. The number of aromatic amines is 1. The molecule has 2 N–H and O–H groups in total. The standard InChI is InChI=1S/C16H14FN5O2/c1-8-21-22-16(24-8)14-19-12-6-10(7-18-15(23)13(12)20-14)9-2-4-11(17)5-3-9/h2-5,10H,6-7H2,1H3,(H,18,23)(H,19,20). The van der Waals surface area contributed by atoms with Crippen molar-refractivity contribution in [3.8, 4) is 11.7 Å². The van der Waals surface area contributed by atoms with E-state index in [0.29, 0.717) is 36.1 Å². The molecule has 122 valence electrons. The van der Waals surface area contributed by atoms with Crippen molar-refractivity contribution in [3.05, 3.63) is 52.9 Å². The van der Waals surface area contributed by atoms with Gasteiger partial charge in [0.1, 0.15) is 11.5 Å². The Bertz CT molecular complexity index is 900. The van der Waals surface area contributed by atoms with Gasteiger partial charge in [-0.05, 0) is 24.1 Å². The number of rotatable bonds is 2. The average Bonchev–Trinajstić information content (AvgIpc) is 3.15. The van der Waals surface area contributed by atoms with Crippen LogP contribution in [0.25, 0.3) is 11.7 Å². The molecule has 1 atom stereocenters. The second kappa shape index (κ2) is 5.55. The van der Waals surface area contributed by atoms with Crippen LogP contribution in [0.1, 0.15) is 33.6 Å². The van der Waals surface area contributed by atoms with Gasteiger partial charge in [0.05, 0.1) is 0 Å². The number of fused-ring (bicyclic) bond motifs is 1. The molecular formula is C16H14FN5O2. The first-order chi connectivity index (χ1) is 11.6. The molecule has 0 saturated carbocycles. The van der Waals surface area contributed by atoms with Crippen LogP contribution in [-0.4, -0.2) is 32.6 Å². The van der Waals surface area contributed by atoms with Crippen LogP contribution in [0.5, 0.6) is 0 Å². The Kier molecular flexibility index (Phi) is 3.37. The van der Waals surface area contributed by atoms with Gasteiger partial charge >= 0.3 is 0 Å². The minimum Gasteiger partial charge on any atom is -0.419 e. The lowest BCUT2D eigenvalue weighted by molar-refractivity contribution is 0.0950. The number of carbonyl (C=O) groups is 1. The Morgan fingerprint density at radius 2 is 2.04 bits per heavy atom. The fourth-order valence-corrected chi connectivity index (χ4v) is 2.83. The molecule has 1 unspecified atom stereocenters. The minimum absolute atomic E-state index is 0.0218. The molecule has 0 fully saturated rings. The molecule has 0 radical (unpaired) electrons. The first-order valence-electron chi connectivity index (χ1n) is 7.53. The molecule has 1 aliphatic rings. The van der Waals surface area contributed by atoms with Crippen LogP contribution in [0.15, 0.2) is 28.7 Å². The van der Waals surface area contributed by atoms with Gasteiger partial charge in [-0.25, -0.2) is 9.37 Å². The summed E-state index contributed by atoms with van der Waals surface area (Å²) < 4.78 is 18.5. The lowest BCUT2D eigenvalue weighted by Gasteiger charge is -2.14. The highest BCUT2D eigenvalue weighted by Gasteiger charge is 2.27. The summed E-state index contributed by atoms with van der Waals surface area (Å²) in [4.78, 5) is 19.7. The molecule has 24 heavy (non-hydrogen) atoms. The molecule has 3 aromatic rings. The fourth-order valence-electron chi connectivity index (χ4n) is 2.83. The molecule has 1 amide bonds. The van der Waals surface area contributed by atoms with Crippen molar-refractivity contribution in [1.82, 2.24) is 25.5 Å². The van der Waals surface area contributed by atoms with Crippen LogP contribution in [-0.2, 0) is 6.42 Å². The number of nitrogens with zero attached hydrogens (tertiary/aromatic N) is 3. The van der Waals surface area contributed by atoms with E-state index in [1.165, 1.54) is 12.1 Å². The van der Waals surface area contributed by atoms with Crippen molar-refractivity contribution in [1.29, 1.82) is 0 Å². The van der Waals surface area contributed by atoms with Crippen LogP contribution in [0.3, 0.4) is 0 Å². The maximum atomic E-state index is 13.1. The third kappa shape index (κ3) is 2.55. The summed E-state index contributed by atoms with van der Waals surface area (Å²) in [6.07, 6.45) is 0.569. The number of aromatic nitrogens is 4. The molecule has 7 nitrogen and oxygen atoms in total. The van der Waals surface area contributed by atoms with Gasteiger partial charge in [-0.1, -0.05) is 12.1 Å². The van der Waals surface area contributed by atoms with Gasteiger partial charge in [-0.3, -0.25) is 4.79 Å². The molecule has 0 aliphatic carbocycles. The molecule has 0 bridgehead atoms. The highest BCUT2D eigenvalue weighted by molar-refractivity contribution is 5.94. The molecule has 2 aromatic heterocycles. The number of imidazole rings is 1. The fraction of sp³-hybridized carbons (Fsp3) is 0.250. The number of H-pyrrole nitrogens is 1. The Labute approximate surface area is 136 Å². The van der Waals surface area contributed by atoms with Crippen molar-refractivity contribution in [2.45, 2.75) is 19.3 Å². The zero-order chi connectivity index (χ0) is 16.7. The zero-order valence-electron chi connectivity index (χ0n) is 12.8. The Balaban J connectivity index is 1.69. The van der Waals surface area contributed by atoms with Crippen LogP contribution >= 0.6 is 0 Å². The molecule has 8 heteroatoms. The first-order valence-corrected chi connectivity index (χ1v) is 7.53. The monoisotopic (exact) mass is 327 g/mol. The molecule has 1 aromatic carbocycles. The van der Waals surface area contributed by atoms with Gasteiger partial charge in [-0.15, -0.1) is 10.2 Å². The van der Waals surface area contributed by atoms with Gasteiger partial charge < -0.3 is 14.7 Å². The van der Waals surface area contributed by atoms with Crippen LogP contribution in [0, 0.1) is 12.7 Å². The van der Waals surface area contributed by atoms with Crippen molar-refractivity contribution in [2.75, 3.05) is 6.54 Å². The summed E-state index contributed by atoms with van der Waals surface area (Å²) in [7, 11) is 0. The quantitative estimate of drug-likeness (QED) is 0.750. The van der Waals surface area contributed by atoms with Gasteiger partial charge in [0.25, 0.3) is 11.8 Å². The summed E-state index contributed by atoms with van der Waals surface area (Å²) in [5.41, 5.74) is 1.98. The van der Waals surface area contributed by atoms with E-state index in [0.717, 1.165) is 5.56 Å².